The first-order valence-corrected chi connectivity index (χ1v) is 12.0. The summed E-state index contributed by atoms with van der Waals surface area (Å²) in [7, 11) is 0. The molecule has 1 saturated heterocycles. The molecule has 0 aromatic heterocycles. The number of rotatable bonds is 10. The van der Waals surface area contributed by atoms with Crippen molar-refractivity contribution >= 4 is 24.2 Å². The van der Waals surface area contributed by atoms with Crippen molar-refractivity contribution in [2.24, 2.45) is 29.6 Å². The SMILES string of the molecule is CC(C)C[C@H](NC(=O)OC[C@H]1C[C@H]2C=CC[C@H](C2)C1)C(=O)N[C@H](C=O)C[C@@H]1CCNC1=O. The maximum absolute atomic E-state index is 12.8. The van der Waals surface area contributed by atoms with Crippen molar-refractivity contribution in [3.63, 3.8) is 0 Å². The molecule has 8 heteroatoms. The van der Waals surface area contributed by atoms with Gasteiger partial charge in [-0.3, -0.25) is 9.59 Å². The zero-order valence-electron chi connectivity index (χ0n) is 19.2. The second kappa shape index (κ2) is 11.5. The summed E-state index contributed by atoms with van der Waals surface area (Å²) in [6, 6.07) is -1.56. The molecule has 0 unspecified atom stereocenters. The first-order chi connectivity index (χ1) is 15.3. The molecule has 0 aromatic carbocycles. The molecule has 3 N–H and O–H groups in total. The van der Waals surface area contributed by atoms with Gasteiger partial charge in [-0.1, -0.05) is 26.0 Å². The number of nitrogens with one attached hydrogen (secondary N) is 3. The van der Waals surface area contributed by atoms with Crippen LogP contribution in [0, 0.1) is 29.6 Å². The Morgan fingerprint density at radius 3 is 2.72 bits per heavy atom. The van der Waals surface area contributed by atoms with Crippen molar-refractivity contribution in [2.75, 3.05) is 13.2 Å². The number of allylic oxidation sites excluding steroid dienone is 2. The van der Waals surface area contributed by atoms with Gasteiger partial charge >= 0.3 is 6.09 Å². The number of alkyl carbamates (subject to hydrolysis) is 1. The molecular formula is C24H37N3O5. The molecule has 3 rings (SSSR count). The van der Waals surface area contributed by atoms with Crippen LogP contribution in [0.5, 0.6) is 0 Å². The average molecular weight is 448 g/mol. The molecule has 3 aliphatic rings. The third-order valence-electron chi connectivity index (χ3n) is 6.78. The van der Waals surface area contributed by atoms with Gasteiger partial charge in [0.1, 0.15) is 12.3 Å². The highest BCUT2D eigenvalue weighted by Crippen LogP contribution is 2.39. The van der Waals surface area contributed by atoms with Gasteiger partial charge in [0.05, 0.1) is 12.6 Å². The second-order valence-corrected chi connectivity index (χ2v) is 10.1. The first kappa shape index (κ1) is 24.3. The number of carbonyl (C=O) groups is 4. The molecule has 1 heterocycles. The third-order valence-corrected chi connectivity index (χ3v) is 6.78. The summed E-state index contributed by atoms with van der Waals surface area (Å²) >= 11 is 0. The second-order valence-electron chi connectivity index (χ2n) is 10.1. The van der Waals surface area contributed by atoms with Crippen molar-refractivity contribution in [3.8, 4) is 0 Å². The highest BCUT2D eigenvalue weighted by molar-refractivity contribution is 5.88. The van der Waals surface area contributed by atoms with Gasteiger partial charge in [0.25, 0.3) is 0 Å². The van der Waals surface area contributed by atoms with E-state index < -0.39 is 24.1 Å². The summed E-state index contributed by atoms with van der Waals surface area (Å²) in [5, 5.41) is 8.12. The molecule has 0 spiro atoms. The van der Waals surface area contributed by atoms with Crippen LogP contribution in [0.25, 0.3) is 0 Å². The van der Waals surface area contributed by atoms with Gasteiger partial charge in [0.2, 0.25) is 11.8 Å². The molecule has 1 saturated carbocycles. The quantitative estimate of drug-likeness (QED) is 0.351. The Hall–Kier alpha value is -2.38. The minimum Gasteiger partial charge on any atom is -0.449 e. The fourth-order valence-corrected chi connectivity index (χ4v) is 5.25. The van der Waals surface area contributed by atoms with E-state index in [1.54, 1.807) is 0 Å². The van der Waals surface area contributed by atoms with Crippen molar-refractivity contribution in [2.45, 2.75) is 70.9 Å². The summed E-state index contributed by atoms with van der Waals surface area (Å²) in [4.78, 5) is 48.6. The van der Waals surface area contributed by atoms with E-state index in [0.717, 1.165) is 19.3 Å². The number of amides is 3. The number of aldehydes is 1. The molecular weight excluding hydrogens is 410 g/mol. The van der Waals surface area contributed by atoms with E-state index in [2.05, 4.69) is 28.1 Å². The molecule has 0 aromatic rings. The minimum absolute atomic E-state index is 0.0890. The first-order valence-electron chi connectivity index (χ1n) is 12.0. The van der Waals surface area contributed by atoms with E-state index in [4.69, 9.17) is 4.74 Å². The zero-order valence-corrected chi connectivity index (χ0v) is 19.2. The highest BCUT2D eigenvalue weighted by atomic mass is 16.5. The Morgan fingerprint density at radius 2 is 2.06 bits per heavy atom. The molecule has 3 amide bonds. The van der Waals surface area contributed by atoms with Crippen LogP contribution in [0.15, 0.2) is 12.2 Å². The third kappa shape index (κ3) is 7.07. The van der Waals surface area contributed by atoms with Gasteiger partial charge < -0.3 is 25.5 Å². The number of hydrogen-bond acceptors (Lipinski definition) is 5. The van der Waals surface area contributed by atoms with E-state index >= 15 is 0 Å². The van der Waals surface area contributed by atoms with Crippen molar-refractivity contribution in [3.05, 3.63) is 12.2 Å². The zero-order chi connectivity index (χ0) is 23.1. The molecule has 1 aliphatic heterocycles. The van der Waals surface area contributed by atoms with Gasteiger partial charge in [-0.25, -0.2) is 4.79 Å². The van der Waals surface area contributed by atoms with Crippen molar-refractivity contribution in [1.29, 1.82) is 0 Å². The van der Waals surface area contributed by atoms with E-state index in [9.17, 15) is 19.2 Å². The van der Waals surface area contributed by atoms with E-state index in [0.29, 0.717) is 50.0 Å². The summed E-state index contributed by atoms with van der Waals surface area (Å²) < 4.78 is 5.49. The van der Waals surface area contributed by atoms with Gasteiger partial charge in [0, 0.05) is 12.5 Å². The van der Waals surface area contributed by atoms with E-state index in [1.165, 1.54) is 6.42 Å². The normalized spacial score (nSPS) is 28.5. The fraction of sp³-hybridized carbons (Fsp3) is 0.750. The van der Waals surface area contributed by atoms with Crippen LogP contribution in [-0.2, 0) is 19.1 Å². The lowest BCUT2D eigenvalue weighted by Gasteiger charge is -2.35. The average Bonchev–Trinajstić information content (AvgIpc) is 3.15. The van der Waals surface area contributed by atoms with Crippen LogP contribution in [0.2, 0.25) is 0 Å². The smallest absolute Gasteiger partial charge is 0.407 e. The lowest BCUT2D eigenvalue weighted by molar-refractivity contribution is -0.127. The van der Waals surface area contributed by atoms with Crippen LogP contribution in [-0.4, -0.2) is 49.4 Å². The van der Waals surface area contributed by atoms with Crippen LogP contribution in [0.4, 0.5) is 4.79 Å². The molecule has 2 aliphatic carbocycles. The number of hydrogen-bond donors (Lipinski definition) is 3. The molecule has 2 bridgehead atoms. The summed E-state index contributed by atoms with van der Waals surface area (Å²) in [5.74, 6) is 0.974. The lowest BCUT2D eigenvalue weighted by Crippen LogP contribution is -2.51. The Morgan fingerprint density at radius 1 is 1.25 bits per heavy atom. The predicted molar refractivity (Wildman–Crippen MR) is 120 cm³/mol. The summed E-state index contributed by atoms with van der Waals surface area (Å²) in [6.07, 6.45) is 10.4. The Labute approximate surface area is 190 Å². The minimum atomic E-state index is -0.795. The van der Waals surface area contributed by atoms with E-state index in [1.807, 2.05) is 13.8 Å². The maximum Gasteiger partial charge on any atom is 0.407 e. The Bertz CT molecular complexity index is 722. The lowest BCUT2D eigenvalue weighted by atomic mass is 9.71. The van der Waals surface area contributed by atoms with Gasteiger partial charge in [-0.2, -0.15) is 0 Å². The van der Waals surface area contributed by atoms with Crippen LogP contribution < -0.4 is 16.0 Å². The van der Waals surface area contributed by atoms with E-state index in [-0.39, 0.29) is 24.2 Å². The van der Waals surface area contributed by atoms with Crippen LogP contribution >= 0.6 is 0 Å². The monoisotopic (exact) mass is 447 g/mol. The molecule has 2 fully saturated rings. The maximum atomic E-state index is 12.8. The molecule has 8 nitrogen and oxygen atoms in total. The number of fused-ring (bicyclic) bond motifs is 2. The summed E-state index contributed by atoms with van der Waals surface area (Å²) in [6.45, 7) is 4.87. The molecule has 0 radical (unpaired) electrons. The Kier molecular flexibility index (Phi) is 8.70. The standard InChI is InChI=1S/C24H37N3O5/c1-15(2)8-21(23(30)26-20(13-28)12-19-6-7-25-22(19)29)27-24(31)32-14-18-10-16-4-3-5-17(9-16)11-18/h3-4,13,15-21H,5-12,14H2,1-2H3,(H,25,29)(H,26,30)(H,27,31)/t16-,17+,18-,19-,20-,21-/m0/s1. The molecule has 32 heavy (non-hydrogen) atoms. The van der Waals surface area contributed by atoms with Gasteiger partial charge in [0.15, 0.2) is 0 Å². The largest absolute Gasteiger partial charge is 0.449 e. The fourth-order valence-electron chi connectivity index (χ4n) is 5.25. The molecule has 178 valence electrons. The number of carbonyl (C=O) groups excluding carboxylic acids is 4. The predicted octanol–water partition coefficient (Wildman–Crippen LogP) is 2.33. The number of ether oxygens (including phenoxy) is 1. The Balaban J connectivity index is 1.48. The topological polar surface area (TPSA) is 114 Å². The van der Waals surface area contributed by atoms with Crippen LogP contribution in [0.1, 0.15) is 58.8 Å². The van der Waals surface area contributed by atoms with Crippen molar-refractivity contribution < 1.29 is 23.9 Å². The highest BCUT2D eigenvalue weighted by Gasteiger charge is 2.32. The van der Waals surface area contributed by atoms with Crippen LogP contribution in [0.3, 0.4) is 0 Å². The van der Waals surface area contributed by atoms with Gasteiger partial charge in [-0.15, -0.1) is 0 Å². The van der Waals surface area contributed by atoms with Gasteiger partial charge in [-0.05, 0) is 68.6 Å². The van der Waals surface area contributed by atoms with Crippen molar-refractivity contribution in [1.82, 2.24) is 16.0 Å². The summed E-state index contributed by atoms with van der Waals surface area (Å²) in [5.41, 5.74) is 0. The molecule has 6 atom stereocenters.